The first-order valence-corrected chi connectivity index (χ1v) is 8.27. The van der Waals surface area contributed by atoms with Gasteiger partial charge in [0.2, 0.25) is 10.0 Å². The summed E-state index contributed by atoms with van der Waals surface area (Å²) in [6.07, 6.45) is 2.40. The Hall–Kier alpha value is -1.27. The van der Waals surface area contributed by atoms with E-state index in [1.54, 1.807) is 6.07 Å². The number of sulfonamides is 1. The molecule has 1 aromatic rings. The molecule has 0 bridgehead atoms. The van der Waals surface area contributed by atoms with E-state index in [2.05, 4.69) is 11.6 Å². The van der Waals surface area contributed by atoms with Crippen LogP contribution in [0.5, 0.6) is 5.75 Å². The van der Waals surface area contributed by atoms with E-state index < -0.39 is 10.0 Å². The molecule has 20 heavy (non-hydrogen) atoms. The number of aryl methyl sites for hydroxylation is 1. The Bertz CT molecular complexity index is 595. The van der Waals surface area contributed by atoms with Crippen molar-refractivity contribution < 1.29 is 13.2 Å². The lowest BCUT2D eigenvalue weighted by Crippen LogP contribution is -2.29. The van der Waals surface area contributed by atoms with Crippen molar-refractivity contribution >= 4 is 15.7 Å². The largest absolute Gasteiger partial charge is 0.495 e. The maximum Gasteiger partial charge on any atom is 0.244 e. The average molecular weight is 298 g/mol. The van der Waals surface area contributed by atoms with Gasteiger partial charge in [0.25, 0.3) is 0 Å². The quantitative estimate of drug-likeness (QED) is 0.786. The average Bonchev–Trinajstić information content (AvgIpc) is 3.23. The minimum atomic E-state index is -3.60. The lowest BCUT2D eigenvalue weighted by Gasteiger charge is -2.15. The lowest BCUT2D eigenvalue weighted by atomic mass is 10.1. The van der Waals surface area contributed by atoms with E-state index in [-0.39, 0.29) is 4.90 Å². The molecule has 1 aromatic carbocycles. The Kier molecular flexibility index (Phi) is 4.25. The van der Waals surface area contributed by atoms with Crippen molar-refractivity contribution in [2.75, 3.05) is 19.4 Å². The van der Waals surface area contributed by atoms with Gasteiger partial charge in [0.05, 0.1) is 7.11 Å². The number of ether oxygens (including phenoxy) is 1. The van der Waals surface area contributed by atoms with Crippen molar-refractivity contribution in [2.24, 2.45) is 11.8 Å². The highest BCUT2D eigenvalue weighted by molar-refractivity contribution is 7.89. The van der Waals surface area contributed by atoms with Crippen molar-refractivity contribution in [1.82, 2.24) is 4.72 Å². The van der Waals surface area contributed by atoms with Crippen LogP contribution in [0.2, 0.25) is 0 Å². The summed E-state index contributed by atoms with van der Waals surface area (Å²) in [7, 11) is -2.14. The predicted octanol–water partition coefficient (Wildman–Crippen LogP) is 1.91. The smallest absolute Gasteiger partial charge is 0.244 e. The molecule has 2 rings (SSSR count). The molecule has 0 spiro atoms. The zero-order valence-corrected chi connectivity index (χ0v) is 13.0. The van der Waals surface area contributed by atoms with Crippen LogP contribution in [-0.4, -0.2) is 22.1 Å². The Balaban J connectivity index is 2.21. The summed E-state index contributed by atoms with van der Waals surface area (Å²) in [5.41, 5.74) is 7.05. The van der Waals surface area contributed by atoms with Crippen molar-refractivity contribution in [1.29, 1.82) is 0 Å². The third kappa shape index (κ3) is 3.24. The second kappa shape index (κ2) is 5.61. The molecule has 112 valence electrons. The van der Waals surface area contributed by atoms with E-state index in [0.717, 1.165) is 5.56 Å². The fourth-order valence-electron chi connectivity index (χ4n) is 2.20. The number of anilines is 1. The van der Waals surface area contributed by atoms with Gasteiger partial charge in [-0.3, -0.25) is 0 Å². The Morgan fingerprint density at radius 3 is 2.65 bits per heavy atom. The molecule has 0 saturated heterocycles. The molecule has 1 aliphatic rings. The summed E-state index contributed by atoms with van der Waals surface area (Å²) in [4.78, 5) is 0.103. The maximum atomic E-state index is 12.4. The van der Waals surface area contributed by atoms with Crippen LogP contribution in [0.1, 0.15) is 25.3 Å². The van der Waals surface area contributed by atoms with Gasteiger partial charge in [-0.05, 0) is 49.3 Å². The van der Waals surface area contributed by atoms with Crippen molar-refractivity contribution in [3.05, 3.63) is 17.7 Å². The number of hydrogen-bond acceptors (Lipinski definition) is 4. The zero-order chi connectivity index (χ0) is 14.9. The standard InChI is InChI=1S/C14H22N2O3S/c1-9-6-13(19-3)14(7-12(9)15)20(17,18)16-8-10(2)11-4-5-11/h6-7,10-11,16H,4-5,8,15H2,1-3H3. The normalized spacial score (nSPS) is 16.9. The Morgan fingerprint density at radius 2 is 2.10 bits per heavy atom. The summed E-state index contributed by atoms with van der Waals surface area (Å²) in [5.74, 6) is 1.34. The number of rotatable bonds is 6. The zero-order valence-electron chi connectivity index (χ0n) is 12.1. The van der Waals surface area contributed by atoms with E-state index in [1.807, 2.05) is 6.92 Å². The van der Waals surface area contributed by atoms with Gasteiger partial charge >= 0.3 is 0 Å². The number of benzene rings is 1. The van der Waals surface area contributed by atoms with Crippen LogP contribution in [-0.2, 0) is 10.0 Å². The van der Waals surface area contributed by atoms with E-state index in [0.29, 0.717) is 29.8 Å². The van der Waals surface area contributed by atoms with Gasteiger partial charge in [-0.25, -0.2) is 13.1 Å². The molecule has 0 radical (unpaired) electrons. The SMILES string of the molecule is COc1cc(C)c(N)cc1S(=O)(=O)NCC(C)C1CC1. The first-order valence-electron chi connectivity index (χ1n) is 6.79. The molecule has 1 unspecified atom stereocenters. The van der Waals surface area contributed by atoms with Gasteiger partial charge in [-0.15, -0.1) is 0 Å². The number of methoxy groups -OCH3 is 1. The second-order valence-electron chi connectivity index (χ2n) is 5.53. The molecule has 1 aliphatic carbocycles. The van der Waals surface area contributed by atoms with Gasteiger partial charge in [0.15, 0.2) is 0 Å². The summed E-state index contributed by atoms with van der Waals surface area (Å²) in [6, 6.07) is 3.10. The summed E-state index contributed by atoms with van der Waals surface area (Å²) in [5, 5.41) is 0. The Labute approximate surface area is 120 Å². The Morgan fingerprint density at radius 1 is 1.45 bits per heavy atom. The maximum absolute atomic E-state index is 12.4. The lowest BCUT2D eigenvalue weighted by molar-refractivity contribution is 0.401. The second-order valence-corrected chi connectivity index (χ2v) is 7.26. The molecular formula is C14H22N2O3S. The molecule has 0 aromatic heterocycles. The van der Waals surface area contributed by atoms with E-state index in [4.69, 9.17) is 10.5 Å². The third-order valence-electron chi connectivity index (χ3n) is 3.86. The van der Waals surface area contributed by atoms with E-state index in [9.17, 15) is 8.42 Å². The van der Waals surface area contributed by atoms with Crippen LogP contribution in [0.3, 0.4) is 0 Å². The van der Waals surface area contributed by atoms with Gasteiger partial charge < -0.3 is 10.5 Å². The summed E-state index contributed by atoms with van der Waals surface area (Å²) in [6.45, 7) is 4.34. The highest BCUT2D eigenvalue weighted by Crippen LogP contribution is 2.36. The highest BCUT2D eigenvalue weighted by Gasteiger charge is 2.29. The number of nitrogen functional groups attached to an aromatic ring is 1. The molecule has 1 fully saturated rings. The minimum Gasteiger partial charge on any atom is -0.495 e. The van der Waals surface area contributed by atoms with Crippen LogP contribution in [0.25, 0.3) is 0 Å². The number of hydrogen-bond donors (Lipinski definition) is 2. The molecule has 0 amide bonds. The molecule has 5 nitrogen and oxygen atoms in total. The molecule has 1 atom stereocenters. The van der Waals surface area contributed by atoms with Crippen molar-refractivity contribution in [3.63, 3.8) is 0 Å². The summed E-state index contributed by atoms with van der Waals surface area (Å²) >= 11 is 0. The monoisotopic (exact) mass is 298 g/mol. The first-order chi connectivity index (χ1) is 9.35. The van der Waals surface area contributed by atoms with Crippen LogP contribution in [0, 0.1) is 18.8 Å². The predicted molar refractivity (Wildman–Crippen MR) is 79.2 cm³/mol. The van der Waals surface area contributed by atoms with Crippen LogP contribution in [0.4, 0.5) is 5.69 Å². The van der Waals surface area contributed by atoms with Crippen molar-refractivity contribution in [3.8, 4) is 5.75 Å². The van der Waals surface area contributed by atoms with Crippen LogP contribution >= 0.6 is 0 Å². The van der Waals surface area contributed by atoms with Gasteiger partial charge in [-0.2, -0.15) is 0 Å². The summed E-state index contributed by atoms with van der Waals surface area (Å²) < 4.78 is 32.6. The molecule has 0 aliphatic heterocycles. The van der Waals surface area contributed by atoms with E-state index in [1.165, 1.54) is 26.0 Å². The van der Waals surface area contributed by atoms with Crippen LogP contribution < -0.4 is 15.2 Å². The van der Waals surface area contributed by atoms with Crippen LogP contribution in [0.15, 0.2) is 17.0 Å². The van der Waals surface area contributed by atoms with Gasteiger partial charge in [0.1, 0.15) is 10.6 Å². The fourth-order valence-corrected chi connectivity index (χ4v) is 3.52. The van der Waals surface area contributed by atoms with E-state index >= 15 is 0 Å². The van der Waals surface area contributed by atoms with Crippen molar-refractivity contribution in [2.45, 2.75) is 31.6 Å². The molecular weight excluding hydrogens is 276 g/mol. The molecule has 6 heteroatoms. The highest BCUT2D eigenvalue weighted by atomic mass is 32.2. The van der Waals surface area contributed by atoms with Gasteiger partial charge in [0, 0.05) is 12.2 Å². The first kappa shape index (κ1) is 15.1. The number of nitrogens with two attached hydrogens (primary N) is 1. The van der Waals surface area contributed by atoms with Gasteiger partial charge in [-0.1, -0.05) is 6.92 Å². The minimum absolute atomic E-state index is 0.103. The number of nitrogens with one attached hydrogen (secondary N) is 1. The molecule has 0 heterocycles. The fraction of sp³-hybridized carbons (Fsp3) is 0.571. The third-order valence-corrected chi connectivity index (χ3v) is 5.31. The molecule has 3 N–H and O–H groups in total. The molecule has 1 saturated carbocycles. The topological polar surface area (TPSA) is 81.4 Å².